The Morgan fingerprint density at radius 1 is 0.600 bits per heavy atom. The van der Waals surface area contributed by atoms with Gasteiger partial charge in [-0.3, -0.25) is 19.2 Å². The molecule has 2 aliphatic heterocycles. The predicted molar refractivity (Wildman–Crippen MR) is 105 cm³/mol. The molecule has 0 spiro atoms. The third-order valence-electron chi connectivity index (χ3n) is 5.38. The molecule has 154 valence electrons. The SMILES string of the molecule is O=C1C(=O)N(CCCCCCN2C(=O)C(=O)c3cc(F)ccc32)c2ccc(F)cc21. The standard InChI is InChI=1S/C22H18F2N2O4/c23-13-5-7-17-15(11-13)19(27)21(29)25(17)9-3-1-2-4-10-26-18-8-6-14(24)12-16(18)20(28)22(26)30/h5-8,11-12H,1-4,9-10H2. The average molecular weight is 412 g/mol. The Kier molecular flexibility index (Phi) is 5.15. The van der Waals surface area contributed by atoms with Gasteiger partial charge in [-0.1, -0.05) is 12.8 Å². The minimum atomic E-state index is -0.697. The second kappa shape index (κ2) is 7.78. The van der Waals surface area contributed by atoms with E-state index in [9.17, 15) is 28.0 Å². The number of amides is 2. The Balaban J connectivity index is 1.27. The van der Waals surface area contributed by atoms with E-state index >= 15 is 0 Å². The van der Waals surface area contributed by atoms with Gasteiger partial charge < -0.3 is 9.80 Å². The van der Waals surface area contributed by atoms with Gasteiger partial charge >= 0.3 is 0 Å². The second-order valence-corrected chi connectivity index (χ2v) is 7.31. The van der Waals surface area contributed by atoms with Gasteiger partial charge in [0.05, 0.1) is 22.5 Å². The van der Waals surface area contributed by atoms with Gasteiger partial charge in [0.2, 0.25) is 0 Å². The molecule has 2 aliphatic rings. The molecule has 6 nitrogen and oxygen atoms in total. The van der Waals surface area contributed by atoms with Gasteiger partial charge in [-0.2, -0.15) is 0 Å². The number of halogens is 2. The monoisotopic (exact) mass is 412 g/mol. The van der Waals surface area contributed by atoms with Gasteiger partial charge in [-0.05, 0) is 49.2 Å². The highest BCUT2D eigenvalue weighted by Crippen LogP contribution is 2.31. The molecule has 4 rings (SSSR count). The lowest BCUT2D eigenvalue weighted by atomic mass is 10.1. The number of anilines is 2. The molecule has 2 heterocycles. The number of hydrogen-bond acceptors (Lipinski definition) is 4. The van der Waals surface area contributed by atoms with Crippen molar-refractivity contribution in [3.63, 3.8) is 0 Å². The fraction of sp³-hybridized carbons (Fsp3) is 0.273. The topological polar surface area (TPSA) is 74.8 Å². The molecule has 8 heteroatoms. The number of nitrogens with zero attached hydrogens (tertiary/aromatic N) is 2. The molecule has 0 radical (unpaired) electrons. The van der Waals surface area contributed by atoms with Crippen molar-refractivity contribution in [1.82, 2.24) is 0 Å². The molecule has 2 amide bonds. The third-order valence-corrected chi connectivity index (χ3v) is 5.38. The number of benzene rings is 2. The van der Waals surface area contributed by atoms with Crippen LogP contribution in [0.1, 0.15) is 46.4 Å². The van der Waals surface area contributed by atoms with Crippen molar-refractivity contribution in [3.8, 4) is 0 Å². The molecule has 0 unspecified atom stereocenters. The van der Waals surface area contributed by atoms with Gasteiger partial charge in [0.1, 0.15) is 11.6 Å². The van der Waals surface area contributed by atoms with Crippen molar-refractivity contribution in [3.05, 3.63) is 59.2 Å². The van der Waals surface area contributed by atoms with Gasteiger partial charge in [0.25, 0.3) is 23.4 Å². The summed E-state index contributed by atoms with van der Waals surface area (Å²) >= 11 is 0. The summed E-state index contributed by atoms with van der Waals surface area (Å²) in [7, 11) is 0. The van der Waals surface area contributed by atoms with E-state index in [1.165, 1.54) is 34.1 Å². The fourth-order valence-electron chi connectivity index (χ4n) is 3.88. The molecule has 0 bridgehead atoms. The maximum absolute atomic E-state index is 13.3. The Morgan fingerprint density at radius 2 is 1.00 bits per heavy atom. The van der Waals surface area contributed by atoms with E-state index in [0.29, 0.717) is 37.3 Å². The van der Waals surface area contributed by atoms with E-state index in [2.05, 4.69) is 0 Å². The average Bonchev–Trinajstić information content (AvgIpc) is 3.10. The van der Waals surface area contributed by atoms with Crippen LogP contribution in [0.3, 0.4) is 0 Å². The highest BCUT2D eigenvalue weighted by Gasteiger charge is 2.36. The molecule has 0 atom stereocenters. The van der Waals surface area contributed by atoms with E-state index in [4.69, 9.17) is 0 Å². The number of Topliss-reactive ketones (excluding diaryl/α,β-unsaturated/α-hetero) is 2. The number of carbonyl (C=O) groups excluding carboxylic acids is 4. The molecule has 2 aromatic carbocycles. The number of rotatable bonds is 7. The summed E-state index contributed by atoms with van der Waals surface area (Å²) in [5.41, 5.74) is 1.03. The molecule has 0 aromatic heterocycles. The van der Waals surface area contributed by atoms with E-state index in [0.717, 1.165) is 25.0 Å². The lowest BCUT2D eigenvalue weighted by molar-refractivity contribution is -0.115. The van der Waals surface area contributed by atoms with Crippen LogP contribution < -0.4 is 9.80 Å². The van der Waals surface area contributed by atoms with Crippen molar-refractivity contribution < 1.29 is 28.0 Å². The minimum Gasteiger partial charge on any atom is -0.305 e. The smallest absolute Gasteiger partial charge is 0.299 e. The maximum Gasteiger partial charge on any atom is 0.299 e. The van der Waals surface area contributed by atoms with Crippen LogP contribution in [-0.2, 0) is 9.59 Å². The Morgan fingerprint density at radius 3 is 1.40 bits per heavy atom. The largest absolute Gasteiger partial charge is 0.305 e. The number of ketones is 2. The minimum absolute atomic E-state index is 0.0901. The van der Waals surface area contributed by atoms with Crippen LogP contribution in [0.25, 0.3) is 0 Å². The van der Waals surface area contributed by atoms with Gasteiger partial charge in [-0.15, -0.1) is 0 Å². The Labute approximate surface area is 171 Å². The summed E-state index contributed by atoms with van der Waals surface area (Å²) < 4.78 is 26.6. The van der Waals surface area contributed by atoms with Gasteiger partial charge in [0, 0.05) is 13.1 Å². The van der Waals surface area contributed by atoms with Gasteiger partial charge in [-0.25, -0.2) is 8.78 Å². The van der Waals surface area contributed by atoms with Crippen LogP contribution >= 0.6 is 0 Å². The van der Waals surface area contributed by atoms with Crippen LogP contribution in [0.5, 0.6) is 0 Å². The number of fused-ring (bicyclic) bond motifs is 2. The molecular weight excluding hydrogens is 394 g/mol. The highest BCUT2D eigenvalue weighted by molar-refractivity contribution is 6.52. The number of carbonyl (C=O) groups is 4. The van der Waals surface area contributed by atoms with Gasteiger partial charge in [0.15, 0.2) is 0 Å². The molecule has 2 aromatic rings. The van der Waals surface area contributed by atoms with Crippen molar-refractivity contribution in [2.45, 2.75) is 25.7 Å². The summed E-state index contributed by atoms with van der Waals surface area (Å²) in [4.78, 5) is 50.9. The molecule has 0 fully saturated rings. The second-order valence-electron chi connectivity index (χ2n) is 7.31. The van der Waals surface area contributed by atoms with Crippen molar-refractivity contribution in [1.29, 1.82) is 0 Å². The van der Waals surface area contributed by atoms with Crippen molar-refractivity contribution >= 4 is 34.8 Å². The summed E-state index contributed by atoms with van der Waals surface area (Å²) in [5.74, 6) is -3.82. The quantitative estimate of drug-likeness (QED) is 0.517. The first-order valence-electron chi connectivity index (χ1n) is 9.70. The van der Waals surface area contributed by atoms with Crippen LogP contribution in [0, 0.1) is 11.6 Å². The summed E-state index contributed by atoms with van der Waals surface area (Å²) in [5, 5.41) is 0. The lowest BCUT2D eigenvalue weighted by Crippen LogP contribution is -2.31. The maximum atomic E-state index is 13.3. The molecule has 0 saturated heterocycles. The van der Waals surface area contributed by atoms with Crippen LogP contribution in [0.4, 0.5) is 20.2 Å². The van der Waals surface area contributed by atoms with Crippen LogP contribution in [-0.4, -0.2) is 36.5 Å². The summed E-state index contributed by atoms with van der Waals surface area (Å²) in [6.07, 6.45) is 2.73. The molecule has 0 N–H and O–H groups in total. The molecular formula is C22H18F2N2O4. The normalized spacial score (nSPS) is 15.3. The first kappa shape index (κ1) is 19.9. The number of hydrogen-bond donors (Lipinski definition) is 0. The summed E-state index contributed by atoms with van der Waals surface area (Å²) in [6, 6.07) is 7.46. The predicted octanol–water partition coefficient (Wildman–Crippen LogP) is 3.28. The Bertz CT molecular complexity index is 997. The molecule has 0 saturated carbocycles. The molecule has 30 heavy (non-hydrogen) atoms. The lowest BCUT2D eigenvalue weighted by Gasteiger charge is -2.17. The van der Waals surface area contributed by atoms with E-state index < -0.39 is 35.0 Å². The number of unbranched alkanes of at least 4 members (excludes halogenated alkanes) is 3. The fourth-order valence-corrected chi connectivity index (χ4v) is 3.88. The third kappa shape index (κ3) is 3.38. The van der Waals surface area contributed by atoms with E-state index in [1.54, 1.807) is 0 Å². The zero-order valence-electron chi connectivity index (χ0n) is 16.0. The zero-order chi connectivity index (χ0) is 21.4. The Hall–Kier alpha value is -3.42. The van der Waals surface area contributed by atoms with Crippen molar-refractivity contribution in [2.24, 2.45) is 0 Å². The van der Waals surface area contributed by atoms with E-state index in [1.807, 2.05) is 0 Å². The summed E-state index contributed by atoms with van der Waals surface area (Å²) in [6.45, 7) is 0.679. The van der Waals surface area contributed by atoms with Crippen LogP contribution in [0.15, 0.2) is 36.4 Å². The first-order valence-corrected chi connectivity index (χ1v) is 9.70. The van der Waals surface area contributed by atoms with Crippen LogP contribution in [0.2, 0.25) is 0 Å². The first-order chi connectivity index (χ1) is 14.4. The van der Waals surface area contributed by atoms with Crippen molar-refractivity contribution in [2.75, 3.05) is 22.9 Å². The highest BCUT2D eigenvalue weighted by atomic mass is 19.1. The molecule has 0 aliphatic carbocycles. The zero-order valence-corrected chi connectivity index (χ0v) is 16.0. The van der Waals surface area contributed by atoms with E-state index in [-0.39, 0.29) is 11.1 Å².